The third kappa shape index (κ3) is 4.20. The van der Waals surface area contributed by atoms with Crippen molar-refractivity contribution in [2.75, 3.05) is 23.3 Å². The van der Waals surface area contributed by atoms with Gasteiger partial charge < -0.3 is 10.1 Å². The lowest BCUT2D eigenvalue weighted by Gasteiger charge is -2.23. The van der Waals surface area contributed by atoms with Crippen LogP contribution in [0.15, 0.2) is 53.4 Å². The van der Waals surface area contributed by atoms with Crippen molar-refractivity contribution in [3.8, 4) is 5.75 Å². The van der Waals surface area contributed by atoms with Crippen molar-refractivity contribution in [2.45, 2.75) is 44.6 Å². The average Bonchev–Trinajstić information content (AvgIpc) is 3.36. The third-order valence-corrected chi connectivity index (χ3v) is 7.37. The van der Waals surface area contributed by atoms with Gasteiger partial charge in [-0.2, -0.15) is 5.10 Å². The number of rotatable bonds is 5. The van der Waals surface area contributed by atoms with E-state index in [1.807, 2.05) is 45.9 Å². The summed E-state index contributed by atoms with van der Waals surface area (Å²) in [6.07, 6.45) is 0.648. The van der Waals surface area contributed by atoms with Crippen molar-refractivity contribution < 1.29 is 17.9 Å². The molecule has 1 aliphatic rings. The SMILES string of the molecule is COc1ccc(S(=O)(=O)N2CCc3ccccc32)cc1C(=O)Nc1cc(C)nn1C(C)(C)C. The zero-order valence-corrected chi connectivity index (χ0v) is 20.2. The molecule has 0 atom stereocenters. The first-order chi connectivity index (χ1) is 15.5. The van der Waals surface area contributed by atoms with E-state index in [0.717, 1.165) is 11.3 Å². The summed E-state index contributed by atoms with van der Waals surface area (Å²) < 4.78 is 35.4. The number of hydrogen-bond donors (Lipinski definition) is 1. The Balaban J connectivity index is 1.71. The summed E-state index contributed by atoms with van der Waals surface area (Å²) in [4.78, 5) is 13.3. The van der Waals surface area contributed by atoms with Crippen LogP contribution >= 0.6 is 0 Å². The number of anilines is 2. The maximum absolute atomic E-state index is 13.5. The minimum Gasteiger partial charge on any atom is -0.496 e. The summed E-state index contributed by atoms with van der Waals surface area (Å²) in [5.41, 5.74) is 2.19. The zero-order valence-electron chi connectivity index (χ0n) is 19.4. The molecular formula is C24H28N4O4S. The van der Waals surface area contributed by atoms with Crippen molar-refractivity contribution in [3.05, 3.63) is 65.4 Å². The summed E-state index contributed by atoms with van der Waals surface area (Å²) in [6.45, 7) is 8.16. The number of sulfonamides is 1. The van der Waals surface area contributed by atoms with Crippen LogP contribution in [0.1, 0.15) is 42.4 Å². The molecule has 1 aromatic heterocycles. The number of nitrogens with one attached hydrogen (secondary N) is 1. The number of aromatic nitrogens is 2. The van der Waals surface area contributed by atoms with Crippen LogP contribution in [0.5, 0.6) is 5.75 Å². The number of ether oxygens (including phenoxy) is 1. The highest BCUT2D eigenvalue weighted by atomic mass is 32.2. The van der Waals surface area contributed by atoms with Crippen molar-refractivity contribution in [2.24, 2.45) is 0 Å². The first kappa shape index (κ1) is 22.8. The van der Waals surface area contributed by atoms with E-state index >= 15 is 0 Å². The highest BCUT2D eigenvalue weighted by molar-refractivity contribution is 7.92. The lowest BCUT2D eigenvalue weighted by atomic mass is 10.1. The van der Waals surface area contributed by atoms with Gasteiger partial charge in [-0.1, -0.05) is 18.2 Å². The molecule has 2 heterocycles. The molecule has 2 aromatic carbocycles. The minimum absolute atomic E-state index is 0.0330. The molecule has 0 bridgehead atoms. The van der Waals surface area contributed by atoms with Crippen LogP contribution < -0.4 is 14.4 Å². The average molecular weight is 469 g/mol. The molecule has 0 spiro atoms. The van der Waals surface area contributed by atoms with E-state index in [1.165, 1.54) is 29.6 Å². The van der Waals surface area contributed by atoms with Gasteiger partial charge >= 0.3 is 0 Å². The Morgan fingerprint density at radius 1 is 1.12 bits per heavy atom. The third-order valence-electron chi connectivity index (χ3n) is 5.56. The lowest BCUT2D eigenvalue weighted by molar-refractivity contribution is 0.102. The van der Waals surface area contributed by atoms with E-state index in [-0.39, 0.29) is 21.7 Å². The van der Waals surface area contributed by atoms with Gasteiger partial charge in [0.25, 0.3) is 15.9 Å². The lowest BCUT2D eigenvalue weighted by Crippen LogP contribution is -2.29. The molecule has 33 heavy (non-hydrogen) atoms. The Labute approximate surface area is 194 Å². The standard InChI is InChI=1S/C24H28N4O4S/c1-16-14-22(28(26-16)24(2,3)4)25-23(29)19-15-18(10-11-21(19)32-5)33(30,31)27-13-12-17-8-6-7-9-20(17)27/h6-11,14-15H,12-13H2,1-5H3,(H,25,29). The van der Waals surface area contributed by atoms with Gasteiger partial charge in [-0.25, -0.2) is 13.1 Å². The first-order valence-corrected chi connectivity index (χ1v) is 12.1. The molecule has 3 aromatic rings. The summed E-state index contributed by atoms with van der Waals surface area (Å²) in [6, 6.07) is 13.6. The largest absolute Gasteiger partial charge is 0.496 e. The van der Waals surface area contributed by atoms with Gasteiger partial charge in [0.15, 0.2) is 0 Å². The van der Waals surface area contributed by atoms with Crippen molar-refractivity contribution in [1.82, 2.24) is 9.78 Å². The van der Waals surface area contributed by atoms with E-state index in [4.69, 9.17) is 4.74 Å². The zero-order chi connectivity index (χ0) is 24.0. The van der Waals surface area contributed by atoms with Crippen LogP contribution in [0.3, 0.4) is 0 Å². The van der Waals surface area contributed by atoms with E-state index in [1.54, 1.807) is 16.8 Å². The van der Waals surface area contributed by atoms with Crippen LogP contribution in [0.2, 0.25) is 0 Å². The number of carbonyl (C=O) groups is 1. The maximum atomic E-state index is 13.5. The molecule has 1 amide bonds. The molecule has 1 N–H and O–H groups in total. The number of methoxy groups -OCH3 is 1. The number of carbonyl (C=O) groups excluding carboxylic acids is 1. The number of benzene rings is 2. The minimum atomic E-state index is -3.85. The Kier molecular flexibility index (Phi) is 5.69. The molecule has 0 fully saturated rings. The number of nitrogens with zero attached hydrogens (tertiary/aromatic N) is 3. The summed E-state index contributed by atoms with van der Waals surface area (Å²) in [5, 5.41) is 7.34. The van der Waals surface area contributed by atoms with Crippen LogP contribution in [-0.2, 0) is 22.0 Å². The molecular weight excluding hydrogens is 440 g/mol. The van der Waals surface area contributed by atoms with E-state index in [2.05, 4.69) is 10.4 Å². The van der Waals surface area contributed by atoms with Gasteiger partial charge in [-0.15, -0.1) is 0 Å². The predicted molar refractivity (Wildman–Crippen MR) is 128 cm³/mol. The van der Waals surface area contributed by atoms with Crippen molar-refractivity contribution >= 4 is 27.4 Å². The van der Waals surface area contributed by atoms with Gasteiger partial charge in [0.2, 0.25) is 0 Å². The smallest absolute Gasteiger partial charge is 0.264 e. The number of para-hydroxylation sites is 1. The molecule has 0 aliphatic carbocycles. The van der Waals surface area contributed by atoms with Crippen molar-refractivity contribution in [3.63, 3.8) is 0 Å². The van der Waals surface area contributed by atoms with E-state index < -0.39 is 15.9 Å². The monoisotopic (exact) mass is 468 g/mol. The van der Waals surface area contributed by atoms with Crippen LogP contribution in [-0.4, -0.2) is 37.8 Å². The maximum Gasteiger partial charge on any atom is 0.264 e. The summed E-state index contributed by atoms with van der Waals surface area (Å²) >= 11 is 0. The topological polar surface area (TPSA) is 93.5 Å². The highest BCUT2D eigenvalue weighted by Gasteiger charge is 2.32. The van der Waals surface area contributed by atoms with Crippen LogP contribution in [0, 0.1) is 6.92 Å². The van der Waals surface area contributed by atoms with Gasteiger partial charge in [0, 0.05) is 12.6 Å². The predicted octanol–water partition coefficient (Wildman–Crippen LogP) is 3.96. The molecule has 4 rings (SSSR count). The highest BCUT2D eigenvalue weighted by Crippen LogP contribution is 2.34. The summed E-state index contributed by atoms with van der Waals surface area (Å²) in [7, 11) is -2.41. The number of aryl methyl sites for hydroxylation is 1. The fourth-order valence-electron chi connectivity index (χ4n) is 3.99. The molecule has 0 saturated heterocycles. The quantitative estimate of drug-likeness (QED) is 0.612. The Morgan fingerprint density at radius 3 is 2.55 bits per heavy atom. The van der Waals surface area contributed by atoms with Crippen LogP contribution in [0.4, 0.5) is 11.5 Å². The second-order valence-corrected chi connectivity index (χ2v) is 10.9. The van der Waals surface area contributed by atoms with E-state index in [0.29, 0.717) is 24.5 Å². The number of amides is 1. The molecule has 9 heteroatoms. The van der Waals surface area contributed by atoms with Crippen molar-refractivity contribution in [1.29, 1.82) is 0 Å². The van der Waals surface area contributed by atoms with Gasteiger partial charge in [0.1, 0.15) is 11.6 Å². The molecule has 0 radical (unpaired) electrons. The fraction of sp³-hybridized carbons (Fsp3) is 0.333. The summed E-state index contributed by atoms with van der Waals surface area (Å²) in [5.74, 6) is 0.330. The Bertz CT molecular complexity index is 1320. The Morgan fingerprint density at radius 2 is 1.85 bits per heavy atom. The van der Waals surface area contributed by atoms with Crippen LogP contribution in [0.25, 0.3) is 0 Å². The first-order valence-electron chi connectivity index (χ1n) is 10.7. The number of hydrogen-bond acceptors (Lipinski definition) is 5. The molecule has 174 valence electrons. The second kappa shape index (κ2) is 8.22. The van der Waals surface area contributed by atoms with Gasteiger partial charge in [-0.3, -0.25) is 9.10 Å². The molecule has 1 aliphatic heterocycles. The molecule has 0 saturated carbocycles. The molecule has 8 nitrogen and oxygen atoms in total. The Hall–Kier alpha value is -3.33. The molecule has 0 unspecified atom stereocenters. The normalized spacial score (nSPS) is 13.7. The van der Waals surface area contributed by atoms with Gasteiger partial charge in [0.05, 0.1) is 34.5 Å². The second-order valence-electron chi connectivity index (χ2n) is 9.03. The van der Waals surface area contributed by atoms with E-state index in [9.17, 15) is 13.2 Å². The van der Waals surface area contributed by atoms with Gasteiger partial charge in [-0.05, 0) is 63.9 Å². The number of fused-ring (bicyclic) bond motifs is 1. The fourth-order valence-corrected chi connectivity index (χ4v) is 5.52.